The molecule has 1 aromatic carbocycles. The van der Waals surface area contributed by atoms with E-state index in [4.69, 9.17) is 4.74 Å². The van der Waals surface area contributed by atoms with Crippen LogP contribution < -0.4 is 10.3 Å². The Bertz CT molecular complexity index is 847. The Labute approximate surface area is 135 Å². The molecule has 3 fully saturated rings. The van der Waals surface area contributed by atoms with Crippen molar-refractivity contribution in [2.24, 2.45) is 5.92 Å². The first-order chi connectivity index (χ1) is 11.3. The summed E-state index contributed by atoms with van der Waals surface area (Å²) in [5.41, 5.74) is 2.73. The summed E-state index contributed by atoms with van der Waals surface area (Å²) in [7, 11) is 1.71. The number of hydrogen-bond donors (Lipinski definition) is 0. The summed E-state index contributed by atoms with van der Waals surface area (Å²) in [6.07, 6.45) is 6.64. The summed E-state index contributed by atoms with van der Waals surface area (Å²) in [4.78, 5) is 15.7. The molecule has 0 spiro atoms. The van der Waals surface area contributed by atoms with E-state index in [2.05, 4.69) is 15.7 Å². The van der Waals surface area contributed by atoms with Crippen molar-refractivity contribution in [3.05, 3.63) is 39.8 Å². The summed E-state index contributed by atoms with van der Waals surface area (Å²) >= 11 is 0. The SMILES string of the molecule is COc1ccc2c(=O)n(C3CN4CCC3CC4)cc3c2c1CC3. The van der Waals surface area contributed by atoms with Crippen molar-refractivity contribution >= 4 is 10.8 Å². The van der Waals surface area contributed by atoms with E-state index in [1.54, 1.807) is 7.11 Å². The molecule has 23 heavy (non-hydrogen) atoms. The summed E-state index contributed by atoms with van der Waals surface area (Å²) in [5.74, 6) is 1.60. The number of ether oxygens (including phenoxy) is 1. The van der Waals surface area contributed by atoms with Crippen LogP contribution in [0, 0.1) is 5.92 Å². The number of fused-ring (bicyclic) bond motifs is 3. The zero-order valence-corrected chi connectivity index (χ0v) is 13.5. The minimum absolute atomic E-state index is 0.188. The second kappa shape index (κ2) is 4.84. The van der Waals surface area contributed by atoms with Crippen molar-refractivity contribution in [2.75, 3.05) is 26.7 Å². The Balaban J connectivity index is 1.71. The van der Waals surface area contributed by atoms with E-state index < -0.39 is 0 Å². The molecular weight excluding hydrogens is 288 g/mol. The van der Waals surface area contributed by atoms with Crippen molar-refractivity contribution < 1.29 is 4.74 Å². The molecule has 1 aliphatic carbocycles. The third-order valence-corrected chi connectivity index (χ3v) is 6.19. The standard InChI is InChI=1S/C19H22N2O2/c1-23-17-5-4-15-18-13(2-3-14(17)18)10-21(19(15)22)16-11-20-8-6-12(16)7-9-20/h4-5,10,12,16H,2-3,6-9,11H2,1H3. The number of aryl methyl sites for hydroxylation is 2. The summed E-state index contributed by atoms with van der Waals surface area (Å²) in [5, 5.41) is 2.04. The predicted molar refractivity (Wildman–Crippen MR) is 90.4 cm³/mol. The van der Waals surface area contributed by atoms with Gasteiger partial charge in [-0.15, -0.1) is 0 Å². The van der Waals surface area contributed by atoms with Crippen LogP contribution in [0.1, 0.15) is 30.0 Å². The maximum atomic E-state index is 13.1. The fourth-order valence-electron chi connectivity index (χ4n) is 4.99. The van der Waals surface area contributed by atoms with Gasteiger partial charge >= 0.3 is 0 Å². The Hall–Kier alpha value is -1.81. The van der Waals surface area contributed by atoms with Gasteiger partial charge in [0.2, 0.25) is 0 Å². The molecule has 4 heterocycles. The first-order valence-electron chi connectivity index (χ1n) is 8.72. The Morgan fingerprint density at radius 2 is 2.00 bits per heavy atom. The Kier molecular flexibility index (Phi) is 2.87. The lowest BCUT2D eigenvalue weighted by Gasteiger charge is -2.45. The van der Waals surface area contributed by atoms with E-state index >= 15 is 0 Å². The smallest absolute Gasteiger partial charge is 0.258 e. The minimum Gasteiger partial charge on any atom is -0.496 e. The zero-order valence-electron chi connectivity index (χ0n) is 13.5. The second-order valence-electron chi connectivity index (χ2n) is 7.24. The van der Waals surface area contributed by atoms with Crippen LogP contribution in [0.2, 0.25) is 0 Å². The van der Waals surface area contributed by atoms with E-state index in [1.165, 1.54) is 37.1 Å². The molecule has 3 aliphatic heterocycles. The number of piperidine rings is 3. The number of benzene rings is 1. The highest BCUT2D eigenvalue weighted by Crippen LogP contribution is 2.38. The number of hydrogen-bond acceptors (Lipinski definition) is 3. The molecule has 2 aromatic rings. The van der Waals surface area contributed by atoms with Crippen molar-refractivity contribution in [3.63, 3.8) is 0 Å². The van der Waals surface area contributed by atoms with E-state index in [-0.39, 0.29) is 5.56 Å². The average molecular weight is 310 g/mol. The van der Waals surface area contributed by atoms with Crippen LogP contribution in [0.5, 0.6) is 5.75 Å². The topological polar surface area (TPSA) is 34.5 Å². The van der Waals surface area contributed by atoms with Gasteiger partial charge in [-0.1, -0.05) is 0 Å². The largest absolute Gasteiger partial charge is 0.496 e. The van der Waals surface area contributed by atoms with E-state index in [9.17, 15) is 4.79 Å². The van der Waals surface area contributed by atoms with E-state index in [0.29, 0.717) is 12.0 Å². The lowest BCUT2D eigenvalue weighted by Crippen LogP contribution is -2.50. The van der Waals surface area contributed by atoms with Crippen molar-refractivity contribution in [1.29, 1.82) is 0 Å². The molecule has 4 nitrogen and oxygen atoms in total. The Morgan fingerprint density at radius 3 is 2.70 bits per heavy atom. The molecule has 1 aromatic heterocycles. The molecule has 6 rings (SSSR count). The van der Waals surface area contributed by atoms with Crippen LogP contribution in [0.3, 0.4) is 0 Å². The molecule has 0 amide bonds. The lowest BCUT2D eigenvalue weighted by molar-refractivity contribution is 0.0556. The van der Waals surface area contributed by atoms with Gasteiger partial charge in [0.25, 0.3) is 5.56 Å². The quantitative estimate of drug-likeness (QED) is 0.854. The molecule has 4 heteroatoms. The van der Waals surface area contributed by atoms with Gasteiger partial charge in [0.1, 0.15) is 5.75 Å². The van der Waals surface area contributed by atoms with Crippen LogP contribution in [0.25, 0.3) is 10.8 Å². The lowest BCUT2D eigenvalue weighted by atomic mass is 9.83. The zero-order chi connectivity index (χ0) is 15.6. The highest BCUT2D eigenvalue weighted by Gasteiger charge is 2.36. The van der Waals surface area contributed by atoms with Crippen LogP contribution in [-0.2, 0) is 12.8 Å². The monoisotopic (exact) mass is 310 g/mol. The molecule has 120 valence electrons. The van der Waals surface area contributed by atoms with E-state index in [0.717, 1.165) is 35.9 Å². The maximum absolute atomic E-state index is 13.1. The molecular formula is C19H22N2O2. The van der Waals surface area contributed by atoms with Gasteiger partial charge in [-0.25, -0.2) is 0 Å². The molecule has 0 saturated carbocycles. The van der Waals surface area contributed by atoms with Crippen LogP contribution in [0.4, 0.5) is 0 Å². The predicted octanol–water partition coefficient (Wildman–Crippen LogP) is 2.38. The van der Waals surface area contributed by atoms with Gasteiger partial charge < -0.3 is 14.2 Å². The highest BCUT2D eigenvalue weighted by atomic mass is 16.5. The second-order valence-corrected chi connectivity index (χ2v) is 7.24. The first-order valence-corrected chi connectivity index (χ1v) is 8.72. The molecule has 2 bridgehead atoms. The normalized spacial score (nSPS) is 28.5. The van der Waals surface area contributed by atoms with Gasteiger partial charge in [0.15, 0.2) is 0 Å². The van der Waals surface area contributed by atoms with Crippen LogP contribution in [-0.4, -0.2) is 36.2 Å². The van der Waals surface area contributed by atoms with Gasteiger partial charge in [0, 0.05) is 23.7 Å². The Morgan fingerprint density at radius 1 is 1.17 bits per heavy atom. The summed E-state index contributed by atoms with van der Waals surface area (Å²) < 4.78 is 7.55. The average Bonchev–Trinajstić information content (AvgIpc) is 3.03. The number of rotatable bonds is 2. The van der Waals surface area contributed by atoms with Gasteiger partial charge in [-0.2, -0.15) is 0 Å². The summed E-state index contributed by atoms with van der Waals surface area (Å²) in [6.45, 7) is 3.45. The molecule has 4 aliphatic rings. The third kappa shape index (κ3) is 1.84. The minimum atomic E-state index is 0.188. The highest BCUT2D eigenvalue weighted by molar-refractivity contribution is 5.91. The molecule has 0 N–H and O–H groups in total. The maximum Gasteiger partial charge on any atom is 0.258 e. The van der Waals surface area contributed by atoms with E-state index in [1.807, 2.05) is 12.1 Å². The van der Waals surface area contributed by atoms with Crippen molar-refractivity contribution in [1.82, 2.24) is 9.47 Å². The fraction of sp³-hybridized carbons (Fsp3) is 0.526. The number of aromatic nitrogens is 1. The van der Waals surface area contributed by atoms with Crippen molar-refractivity contribution in [3.8, 4) is 5.75 Å². The van der Waals surface area contributed by atoms with Gasteiger partial charge in [-0.05, 0) is 67.8 Å². The van der Waals surface area contributed by atoms with Crippen LogP contribution >= 0.6 is 0 Å². The van der Waals surface area contributed by atoms with Gasteiger partial charge in [0.05, 0.1) is 13.2 Å². The number of pyridine rings is 1. The number of nitrogens with zero attached hydrogens (tertiary/aromatic N) is 2. The van der Waals surface area contributed by atoms with Crippen molar-refractivity contribution in [2.45, 2.75) is 31.7 Å². The molecule has 3 saturated heterocycles. The van der Waals surface area contributed by atoms with Gasteiger partial charge in [-0.3, -0.25) is 4.79 Å². The third-order valence-electron chi connectivity index (χ3n) is 6.19. The molecule has 1 atom stereocenters. The summed E-state index contributed by atoms with van der Waals surface area (Å²) in [6, 6.07) is 4.29. The molecule has 0 radical (unpaired) electrons. The first kappa shape index (κ1) is 13.6. The fourth-order valence-corrected chi connectivity index (χ4v) is 4.99. The van der Waals surface area contributed by atoms with Crippen LogP contribution in [0.15, 0.2) is 23.1 Å². The molecule has 1 unspecified atom stereocenters. The number of methoxy groups -OCH3 is 1.